The summed E-state index contributed by atoms with van der Waals surface area (Å²) in [5.74, 6) is 0. The second-order valence-electron chi connectivity index (χ2n) is 5.22. The van der Waals surface area contributed by atoms with Gasteiger partial charge in [0.05, 0.1) is 0 Å². The van der Waals surface area contributed by atoms with Crippen molar-refractivity contribution in [2.24, 2.45) is 0 Å². The van der Waals surface area contributed by atoms with E-state index in [4.69, 9.17) is 12.2 Å². The molecule has 0 saturated carbocycles. The number of nitrogens with one attached hydrogen (secondary N) is 2. The number of anilines is 1. The Morgan fingerprint density at radius 3 is 2.28 bits per heavy atom. The van der Waals surface area contributed by atoms with Crippen LogP contribution >= 0.6 is 12.2 Å². The van der Waals surface area contributed by atoms with E-state index in [2.05, 4.69) is 23.6 Å². The van der Waals surface area contributed by atoms with Gasteiger partial charge in [-0.05, 0) is 79.9 Å². The van der Waals surface area contributed by atoms with Crippen molar-refractivity contribution >= 4 is 23.0 Å². The lowest BCUT2D eigenvalue weighted by Gasteiger charge is -2.17. The van der Waals surface area contributed by atoms with Gasteiger partial charge in [-0.3, -0.25) is 0 Å². The fraction of sp³-hybridized carbons (Fsp3) is 0.533. The molecule has 0 atom stereocenters. The molecule has 0 aromatic heterocycles. The summed E-state index contributed by atoms with van der Waals surface area (Å²) >= 11 is 5.36. The summed E-state index contributed by atoms with van der Waals surface area (Å²) in [5.41, 5.74) is 7.49. The molecular weight excluding hydrogens is 240 g/mol. The van der Waals surface area contributed by atoms with Gasteiger partial charge in [-0.2, -0.15) is 0 Å². The Labute approximate surface area is 114 Å². The summed E-state index contributed by atoms with van der Waals surface area (Å²) < 4.78 is 0. The average molecular weight is 260 g/mol. The van der Waals surface area contributed by atoms with E-state index in [1.165, 1.54) is 55.3 Å². The van der Waals surface area contributed by atoms with Gasteiger partial charge >= 0.3 is 0 Å². The minimum Gasteiger partial charge on any atom is -0.363 e. The zero-order valence-electron chi connectivity index (χ0n) is 10.9. The van der Waals surface area contributed by atoms with Gasteiger partial charge < -0.3 is 10.6 Å². The van der Waals surface area contributed by atoms with Crippen LogP contribution in [0, 0.1) is 0 Å². The molecule has 0 spiro atoms. The van der Waals surface area contributed by atoms with Gasteiger partial charge in [-0.25, -0.2) is 0 Å². The minimum atomic E-state index is 0.770. The Morgan fingerprint density at radius 1 is 1.11 bits per heavy atom. The highest BCUT2D eigenvalue weighted by molar-refractivity contribution is 7.80. The van der Waals surface area contributed by atoms with Crippen LogP contribution in [0.15, 0.2) is 6.07 Å². The Bertz CT molecular complexity index is 462. The van der Waals surface area contributed by atoms with Crippen molar-refractivity contribution in [3.8, 4) is 0 Å². The maximum absolute atomic E-state index is 5.36. The van der Waals surface area contributed by atoms with Crippen LogP contribution in [0.1, 0.15) is 42.0 Å². The zero-order chi connectivity index (χ0) is 12.5. The smallest absolute Gasteiger partial charge is 0.170 e. The minimum absolute atomic E-state index is 0.770. The molecule has 96 valence electrons. The van der Waals surface area contributed by atoms with Crippen LogP contribution in [-0.2, 0) is 25.7 Å². The largest absolute Gasteiger partial charge is 0.363 e. The number of thiocarbonyl (C=S) groups is 1. The number of aryl methyl sites for hydroxylation is 2. The van der Waals surface area contributed by atoms with E-state index in [-0.39, 0.29) is 0 Å². The number of hydrogen-bond donors (Lipinski definition) is 2. The van der Waals surface area contributed by atoms with Gasteiger partial charge in [0.15, 0.2) is 5.11 Å². The van der Waals surface area contributed by atoms with Crippen molar-refractivity contribution in [2.75, 3.05) is 11.9 Å². The lowest BCUT2D eigenvalue weighted by Crippen LogP contribution is -2.29. The van der Waals surface area contributed by atoms with Crippen LogP contribution in [0.5, 0.6) is 0 Å². The third-order valence-electron chi connectivity index (χ3n) is 4.05. The summed E-state index contributed by atoms with van der Waals surface area (Å²) in [6.07, 6.45) is 7.48. The lowest BCUT2D eigenvalue weighted by molar-refractivity contribution is 0.898. The molecule has 18 heavy (non-hydrogen) atoms. The normalized spacial score (nSPS) is 16.3. The molecule has 0 fully saturated rings. The van der Waals surface area contributed by atoms with Crippen LogP contribution in [-0.4, -0.2) is 11.7 Å². The van der Waals surface area contributed by atoms with Crippen LogP contribution in [0.25, 0.3) is 0 Å². The van der Waals surface area contributed by atoms with E-state index in [9.17, 15) is 0 Å². The molecule has 3 heteroatoms. The predicted molar refractivity (Wildman–Crippen MR) is 80.4 cm³/mol. The number of rotatable bonds is 2. The van der Waals surface area contributed by atoms with Crippen LogP contribution in [0.4, 0.5) is 5.69 Å². The van der Waals surface area contributed by atoms with Gasteiger partial charge in [0.1, 0.15) is 0 Å². The Balaban J connectivity index is 1.99. The molecule has 0 saturated heterocycles. The summed E-state index contributed by atoms with van der Waals surface area (Å²) in [6, 6.07) is 2.45. The van der Waals surface area contributed by atoms with E-state index in [1.54, 1.807) is 11.1 Å². The van der Waals surface area contributed by atoms with Crippen molar-refractivity contribution in [3.05, 3.63) is 28.3 Å². The van der Waals surface area contributed by atoms with Crippen molar-refractivity contribution in [3.63, 3.8) is 0 Å². The number of fused-ring (bicyclic) bond motifs is 2. The molecule has 0 unspecified atom stereocenters. The maximum atomic E-state index is 5.36. The molecule has 2 N–H and O–H groups in total. The maximum Gasteiger partial charge on any atom is 0.170 e. The number of benzene rings is 1. The van der Waals surface area contributed by atoms with Gasteiger partial charge in [0.2, 0.25) is 0 Å². The molecule has 3 rings (SSSR count). The highest BCUT2D eigenvalue weighted by Crippen LogP contribution is 2.38. The third kappa shape index (κ3) is 2.01. The van der Waals surface area contributed by atoms with Crippen molar-refractivity contribution < 1.29 is 0 Å². The van der Waals surface area contributed by atoms with Crippen LogP contribution in [0.2, 0.25) is 0 Å². The molecule has 2 aliphatic rings. The zero-order valence-corrected chi connectivity index (χ0v) is 11.8. The van der Waals surface area contributed by atoms with Crippen LogP contribution < -0.4 is 10.6 Å². The average Bonchev–Trinajstić information content (AvgIpc) is 2.96. The molecule has 1 aromatic rings. The Morgan fingerprint density at radius 2 is 1.72 bits per heavy atom. The van der Waals surface area contributed by atoms with Gasteiger partial charge in [-0.15, -0.1) is 0 Å². The summed E-state index contributed by atoms with van der Waals surface area (Å²) in [5, 5.41) is 7.43. The summed E-state index contributed by atoms with van der Waals surface area (Å²) in [7, 11) is 0. The Hall–Kier alpha value is -1.09. The van der Waals surface area contributed by atoms with Crippen molar-refractivity contribution in [1.82, 2.24) is 5.32 Å². The monoisotopic (exact) mass is 260 g/mol. The first-order valence-corrected chi connectivity index (χ1v) is 7.41. The molecule has 0 aliphatic heterocycles. The molecule has 0 bridgehead atoms. The van der Waals surface area contributed by atoms with Crippen LogP contribution in [0.3, 0.4) is 0 Å². The summed E-state index contributed by atoms with van der Waals surface area (Å²) in [6.45, 7) is 2.96. The second kappa shape index (κ2) is 4.88. The quantitative estimate of drug-likeness (QED) is 0.799. The van der Waals surface area contributed by atoms with Crippen molar-refractivity contribution in [1.29, 1.82) is 0 Å². The molecule has 0 radical (unpaired) electrons. The first kappa shape index (κ1) is 12.0. The molecule has 0 amide bonds. The van der Waals surface area contributed by atoms with Crippen molar-refractivity contribution in [2.45, 2.75) is 45.4 Å². The SMILES string of the molecule is CCNC(=S)Nc1c2c(cc3c1CCC3)CCC2. The molecule has 2 aliphatic carbocycles. The van der Waals surface area contributed by atoms with E-state index in [0.29, 0.717) is 0 Å². The highest BCUT2D eigenvalue weighted by Gasteiger charge is 2.24. The summed E-state index contributed by atoms with van der Waals surface area (Å²) in [4.78, 5) is 0. The van der Waals surface area contributed by atoms with Gasteiger partial charge in [0.25, 0.3) is 0 Å². The first-order valence-electron chi connectivity index (χ1n) is 7.01. The number of hydrogen-bond acceptors (Lipinski definition) is 1. The van der Waals surface area contributed by atoms with Gasteiger partial charge in [0, 0.05) is 12.2 Å². The van der Waals surface area contributed by atoms with E-state index in [1.807, 2.05) is 0 Å². The Kier molecular flexibility index (Phi) is 3.25. The molecule has 0 heterocycles. The second-order valence-corrected chi connectivity index (χ2v) is 5.63. The van der Waals surface area contributed by atoms with Gasteiger partial charge in [-0.1, -0.05) is 6.07 Å². The lowest BCUT2D eigenvalue weighted by atomic mass is 9.99. The fourth-order valence-electron chi connectivity index (χ4n) is 3.29. The topological polar surface area (TPSA) is 24.1 Å². The molecule has 2 nitrogen and oxygen atoms in total. The van der Waals surface area contributed by atoms with E-state index in [0.717, 1.165) is 11.7 Å². The van der Waals surface area contributed by atoms with E-state index >= 15 is 0 Å². The predicted octanol–water partition coefficient (Wildman–Crippen LogP) is 2.97. The fourth-order valence-corrected chi connectivity index (χ4v) is 3.53. The highest BCUT2D eigenvalue weighted by atomic mass is 32.1. The van der Waals surface area contributed by atoms with E-state index < -0.39 is 0 Å². The molecule has 1 aromatic carbocycles. The molecular formula is C15H20N2S. The standard InChI is InChI=1S/C15H20N2S/c1-2-16-15(18)17-14-12-7-3-5-10(12)9-11-6-4-8-13(11)14/h9H,2-8H2,1H3,(H2,16,17,18). The first-order chi connectivity index (χ1) is 8.79. The third-order valence-corrected chi connectivity index (χ3v) is 4.30.